The van der Waals surface area contributed by atoms with Crippen LogP contribution in [0.4, 0.5) is 0 Å². The molecule has 1 N–H and O–H groups in total. The minimum atomic E-state index is -1.37. The first kappa shape index (κ1) is 7.98. The van der Waals surface area contributed by atoms with Gasteiger partial charge >= 0.3 is 5.97 Å². The molecule has 3 heteroatoms. The molecule has 0 amide bonds. The van der Waals surface area contributed by atoms with Gasteiger partial charge in [-0.25, -0.2) is 4.79 Å². The van der Waals surface area contributed by atoms with Crippen LogP contribution >= 0.6 is 0 Å². The number of rotatable bonds is 3. The molecular formula is C8H10O3. The smallest absolute Gasteiger partial charge is 0.376 e. The highest BCUT2D eigenvalue weighted by molar-refractivity contribution is 6.37. The third-order valence-electron chi connectivity index (χ3n) is 1.88. The number of carboxylic acid groups (broad SMARTS) is 1. The van der Waals surface area contributed by atoms with Crippen LogP contribution in [0.15, 0.2) is 12.2 Å². The largest absolute Gasteiger partial charge is 0.475 e. The molecule has 0 saturated heterocycles. The van der Waals surface area contributed by atoms with Crippen LogP contribution in [0, 0.1) is 5.92 Å². The van der Waals surface area contributed by atoms with Crippen LogP contribution in [-0.2, 0) is 9.59 Å². The van der Waals surface area contributed by atoms with Gasteiger partial charge in [-0.15, -0.1) is 0 Å². The molecule has 1 aliphatic carbocycles. The summed E-state index contributed by atoms with van der Waals surface area (Å²) in [5, 5.41) is 8.18. The van der Waals surface area contributed by atoms with Crippen molar-refractivity contribution in [2.45, 2.75) is 19.3 Å². The van der Waals surface area contributed by atoms with Crippen LogP contribution in [0.3, 0.4) is 0 Å². The van der Waals surface area contributed by atoms with Gasteiger partial charge in [0.2, 0.25) is 0 Å². The normalized spacial score (nSPS) is 18.2. The molecule has 3 nitrogen and oxygen atoms in total. The summed E-state index contributed by atoms with van der Waals surface area (Å²) in [5.41, 5.74) is 0. The molecular weight excluding hydrogens is 144 g/mol. The van der Waals surface area contributed by atoms with Crippen molar-refractivity contribution in [3.63, 3.8) is 0 Å². The van der Waals surface area contributed by atoms with Crippen LogP contribution in [0.25, 0.3) is 0 Å². The zero-order chi connectivity index (χ0) is 8.27. The van der Waals surface area contributed by atoms with Gasteiger partial charge in [-0.2, -0.15) is 0 Å². The van der Waals surface area contributed by atoms with E-state index >= 15 is 0 Å². The van der Waals surface area contributed by atoms with Crippen molar-refractivity contribution in [2.75, 3.05) is 0 Å². The summed E-state index contributed by atoms with van der Waals surface area (Å²) in [6.07, 6.45) is 6.22. The first-order valence-corrected chi connectivity index (χ1v) is 3.65. The van der Waals surface area contributed by atoms with E-state index in [-0.39, 0.29) is 0 Å². The fourth-order valence-electron chi connectivity index (χ4n) is 0.927. The minimum Gasteiger partial charge on any atom is -0.475 e. The molecule has 0 spiro atoms. The molecule has 0 heterocycles. The van der Waals surface area contributed by atoms with E-state index in [0.29, 0.717) is 5.92 Å². The third-order valence-corrected chi connectivity index (χ3v) is 1.88. The summed E-state index contributed by atoms with van der Waals surface area (Å²) in [6, 6.07) is 0. The second-order valence-corrected chi connectivity index (χ2v) is 2.72. The van der Waals surface area contributed by atoms with E-state index < -0.39 is 11.8 Å². The summed E-state index contributed by atoms with van der Waals surface area (Å²) in [7, 11) is 0. The zero-order valence-electron chi connectivity index (χ0n) is 6.12. The second-order valence-electron chi connectivity index (χ2n) is 2.72. The molecule has 11 heavy (non-hydrogen) atoms. The number of allylic oxidation sites excluding steroid dienone is 1. The lowest BCUT2D eigenvalue weighted by Gasteiger charge is -2.20. The van der Waals surface area contributed by atoms with Crippen molar-refractivity contribution < 1.29 is 14.7 Å². The Morgan fingerprint density at radius 2 is 2.00 bits per heavy atom. The Balaban J connectivity index is 2.33. The van der Waals surface area contributed by atoms with Gasteiger partial charge in [-0.05, 0) is 24.8 Å². The Bertz CT molecular complexity index is 201. The fraction of sp³-hybridized carbons (Fsp3) is 0.500. The Kier molecular flexibility index (Phi) is 2.41. The monoisotopic (exact) mass is 154 g/mol. The number of carbonyl (C=O) groups is 2. The molecule has 1 fully saturated rings. The molecule has 0 aromatic heterocycles. The standard InChI is InChI=1S/C8H10O3/c9-7(8(10)11)5-4-6-2-1-3-6/h4-6H,1-3H2,(H,10,11)/b5-4+. The molecule has 0 atom stereocenters. The van der Waals surface area contributed by atoms with E-state index in [2.05, 4.69) is 0 Å². The van der Waals surface area contributed by atoms with Crippen LogP contribution in [-0.4, -0.2) is 16.9 Å². The molecule has 0 bridgehead atoms. The van der Waals surface area contributed by atoms with Gasteiger partial charge < -0.3 is 5.11 Å². The highest BCUT2D eigenvalue weighted by Crippen LogP contribution is 2.27. The van der Waals surface area contributed by atoms with E-state index in [0.717, 1.165) is 18.9 Å². The molecule has 0 aromatic rings. The SMILES string of the molecule is O=C(O)C(=O)/C=C/C1CCC1. The third kappa shape index (κ3) is 2.18. The number of carboxylic acids is 1. The molecule has 1 rings (SSSR count). The summed E-state index contributed by atoms with van der Waals surface area (Å²) in [4.78, 5) is 20.5. The van der Waals surface area contributed by atoms with Crippen LogP contribution < -0.4 is 0 Å². The van der Waals surface area contributed by atoms with E-state index in [1.165, 1.54) is 6.42 Å². The lowest BCUT2D eigenvalue weighted by Crippen LogP contribution is -2.12. The highest BCUT2D eigenvalue weighted by Gasteiger charge is 2.15. The highest BCUT2D eigenvalue weighted by atomic mass is 16.4. The van der Waals surface area contributed by atoms with E-state index in [9.17, 15) is 9.59 Å². The molecule has 0 unspecified atom stereocenters. The minimum absolute atomic E-state index is 0.443. The maximum absolute atomic E-state index is 10.5. The summed E-state index contributed by atoms with van der Waals surface area (Å²) in [6.45, 7) is 0. The summed E-state index contributed by atoms with van der Waals surface area (Å²) >= 11 is 0. The molecule has 0 aliphatic heterocycles. The number of hydrogen-bond donors (Lipinski definition) is 1. The Hall–Kier alpha value is -1.12. The van der Waals surface area contributed by atoms with E-state index in [1.54, 1.807) is 6.08 Å². The first-order valence-electron chi connectivity index (χ1n) is 3.65. The lowest BCUT2D eigenvalue weighted by atomic mass is 9.85. The van der Waals surface area contributed by atoms with Crippen molar-refractivity contribution in [3.05, 3.63) is 12.2 Å². The zero-order valence-corrected chi connectivity index (χ0v) is 6.12. The quantitative estimate of drug-likeness (QED) is 0.487. The average Bonchev–Trinajstić information content (AvgIpc) is 1.83. The summed E-state index contributed by atoms with van der Waals surface area (Å²) in [5.74, 6) is -1.75. The number of ketones is 1. The summed E-state index contributed by atoms with van der Waals surface area (Å²) < 4.78 is 0. The van der Waals surface area contributed by atoms with Crippen molar-refractivity contribution in [3.8, 4) is 0 Å². The van der Waals surface area contributed by atoms with Crippen molar-refractivity contribution >= 4 is 11.8 Å². The number of carbonyl (C=O) groups excluding carboxylic acids is 1. The lowest BCUT2D eigenvalue weighted by molar-refractivity contribution is -0.146. The Morgan fingerprint density at radius 3 is 2.36 bits per heavy atom. The van der Waals surface area contributed by atoms with Crippen molar-refractivity contribution in [1.82, 2.24) is 0 Å². The van der Waals surface area contributed by atoms with Crippen LogP contribution in [0.5, 0.6) is 0 Å². The van der Waals surface area contributed by atoms with Gasteiger partial charge in [-0.3, -0.25) is 4.79 Å². The Morgan fingerprint density at radius 1 is 1.36 bits per heavy atom. The molecule has 1 aliphatic rings. The Labute approximate surface area is 64.7 Å². The second kappa shape index (κ2) is 3.32. The van der Waals surface area contributed by atoms with Gasteiger partial charge in [0, 0.05) is 0 Å². The molecule has 60 valence electrons. The van der Waals surface area contributed by atoms with E-state index in [1.807, 2.05) is 0 Å². The van der Waals surface area contributed by atoms with Crippen LogP contribution in [0.2, 0.25) is 0 Å². The fourth-order valence-corrected chi connectivity index (χ4v) is 0.927. The number of hydrogen-bond acceptors (Lipinski definition) is 2. The van der Waals surface area contributed by atoms with Gasteiger partial charge in [0.15, 0.2) is 0 Å². The maximum Gasteiger partial charge on any atom is 0.376 e. The first-order chi connectivity index (χ1) is 5.20. The molecule has 0 aromatic carbocycles. The molecule has 0 radical (unpaired) electrons. The van der Waals surface area contributed by atoms with Gasteiger partial charge in [0.25, 0.3) is 5.78 Å². The molecule has 1 saturated carbocycles. The van der Waals surface area contributed by atoms with Crippen LogP contribution in [0.1, 0.15) is 19.3 Å². The average molecular weight is 154 g/mol. The van der Waals surface area contributed by atoms with Gasteiger partial charge in [0.1, 0.15) is 0 Å². The topological polar surface area (TPSA) is 54.4 Å². The maximum atomic E-state index is 10.5. The van der Waals surface area contributed by atoms with Gasteiger partial charge in [0.05, 0.1) is 0 Å². The van der Waals surface area contributed by atoms with Gasteiger partial charge in [-0.1, -0.05) is 12.5 Å². The van der Waals surface area contributed by atoms with Crippen molar-refractivity contribution in [1.29, 1.82) is 0 Å². The number of aliphatic carboxylic acids is 1. The predicted octanol–water partition coefficient (Wildman–Crippen LogP) is 0.996. The van der Waals surface area contributed by atoms with Crippen molar-refractivity contribution in [2.24, 2.45) is 5.92 Å². The van der Waals surface area contributed by atoms with E-state index in [4.69, 9.17) is 5.11 Å². The predicted molar refractivity (Wildman–Crippen MR) is 39.1 cm³/mol.